The van der Waals surface area contributed by atoms with E-state index in [4.69, 9.17) is 9.47 Å². The highest BCUT2D eigenvalue weighted by molar-refractivity contribution is 5.80. The Morgan fingerprint density at radius 2 is 0.597 bits per heavy atom. The van der Waals surface area contributed by atoms with Crippen LogP contribution in [0, 0.1) is 11.3 Å². The van der Waals surface area contributed by atoms with Gasteiger partial charge in [0.1, 0.15) is 13.2 Å². The summed E-state index contributed by atoms with van der Waals surface area (Å²) >= 11 is 0. The molecule has 1 aliphatic heterocycles. The summed E-state index contributed by atoms with van der Waals surface area (Å²) in [7, 11) is 0. The second-order valence-corrected chi connectivity index (χ2v) is 23.5. The van der Waals surface area contributed by atoms with Crippen molar-refractivity contribution >= 4 is 11.9 Å². The summed E-state index contributed by atoms with van der Waals surface area (Å²) in [5.41, 5.74) is -1.12. The van der Waals surface area contributed by atoms with Gasteiger partial charge < -0.3 is 19.7 Å². The number of esters is 2. The summed E-state index contributed by atoms with van der Waals surface area (Å²) in [5, 5.41) is 19.2. The van der Waals surface area contributed by atoms with E-state index >= 15 is 0 Å². The monoisotopic (exact) mass is 1010 g/mol. The number of rotatable bonds is 57. The first-order valence-electron chi connectivity index (χ1n) is 32.8. The predicted molar refractivity (Wildman–Crippen MR) is 311 cm³/mol. The van der Waals surface area contributed by atoms with Crippen LogP contribution in [-0.4, -0.2) is 48.6 Å². The Labute approximate surface area is 449 Å². The van der Waals surface area contributed by atoms with Gasteiger partial charge in [0, 0.05) is 0 Å². The van der Waals surface area contributed by atoms with Crippen molar-refractivity contribution in [2.24, 2.45) is 11.3 Å². The lowest BCUT2D eigenvalue weighted by molar-refractivity contribution is -0.155. The Morgan fingerprint density at radius 3 is 0.861 bits per heavy atom. The van der Waals surface area contributed by atoms with Crippen LogP contribution in [0.3, 0.4) is 0 Å². The number of hydrogen-bond donors (Lipinski definition) is 2. The van der Waals surface area contributed by atoms with Gasteiger partial charge in [0.15, 0.2) is 0 Å². The number of unbranched alkanes of at least 4 members (excludes halogenated alkanes) is 51. The maximum absolute atomic E-state index is 12.5. The molecule has 1 rings (SSSR count). The van der Waals surface area contributed by atoms with E-state index in [0.29, 0.717) is 6.42 Å². The van der Waals surface area contributed by atoms with Gasteiger partial charge in [0.25, 0.3) is 0 Å². The quantitative estimate of drug-likeness (QED) is 0.0358. The first kappa shape index (κ1) is 68.6. The highest BCUT2D eigenvalue weighted by Gasteiger charge is 2.36. The van der Waals surface area contributed by atoms with Crippen LogP contribution in [0.15, 0.2) is 12.2 Å². The average molecular weight is 1020 g/mol. The summed E-state index contributed by atoms with van der Waals surface area (Å²) in [4.78, 5) is 24.7. The van der Waals surface area contributed by atoms with E-state index in [-0.39, 0.29) is 19.6 Å². The molecule has 0 radical (unpaired) electrons. The van der Waals surface area contributed by atoms with E-state index in [2.05, 4.69) is 19.1 Å². The summed E-state index contributed by atoms with van der Waals surface area (Å²) in [6, 6.07) is 0. The number of aliphatic hydroxyl groups is 2. The number of carbonyl (C=O) groups excluding carboxylic acids is 2. The van der Waals surface area contributed by atoms with E-state index < -0.39 is 36.5 Å². The van der Waals surface area contributed by atoms with Gasteiger partial charge in [0.2, 0.25) is 0 Å². The van der Waals surface area contributed by atoms with Crippen molar-refractivity contribution < 1.29 is 29.3 Å². The molecular formula is C66H126O6. The third kappa shape index (κ3) is 47.1. The zero-order chi connectivity index (χ0) is 51.8. The van der Waals surface area contributed by atoms with Gasteiger partial charge in [-0.15, -0.1) is 0 Å². The molecule has 0 bridgehead atoms. The molecule has 1 atom stereocenters. The maximum Gasteiger partial charge on any atom is 0.309 e. The van der Waals surface area contributed by atoms with Crippen LogP contribution in [-0.2, 0) is 19.1 Å². The standard InChI is InChI=1S/C66H126O6/c1-2-3-4-5-6-7-8-9-10-11-12-13-14-15-16-17-18-19-20-21-22-23-24-25-26-27-28-29-30-31-32-33-34-35-36-37-38-39-40-41-42-43-44-45-46-47-48-49-50-51-52-53-54-55-56-57-63-58-64(69)71-61-66(59-67,60-68)62-72-65(63)70/h23-24,63,67-68H,2-22,25-62H2,1H3/b24-23+. The highest BCUT2D eigenvalue weighted by Crippen LogP contribution is 2.25. The normalized spacial score (nSPS) is 15.2. The zero-order valence-corrected chi connectivity index (χ0v) is 48.5. The fourth-order valence-corrected chi connectivity index (χ4v) is 10.9. The fourth-order valence-electron chi connectivity index (χ4n) is 10.9. The molecule has 0 amide bonds. The van der Waals surface area contributed by atoms with Crippen molar-refractivity contribution in [3.8, 4) is 0 Å². The van der Waals surface area contributed by atoms with Crippen molar-refractivity contribution in [2.75, 3.05) is 26.4 Å². The first-order chi connectivity index (χ1) is 35.6. The second kappa shape index (κ2) is 55.8. The number of carbonyl (C=O) groups is 2. The van der Waals surface area contributed by atoms with E-state index in [1.54, 1.807) is 0 Å². The van der Waals surface area contributed by atoms with Crippen LogP contribution in [0.25, 0.3) is 0 Å². The number of cyclic esters (lactones) is 2. The summed E-state index contributed by atoms with van der Waals surface area (Å²) in [6.07, 6.45) is 80.1. The van der Waals surface area contributed by atoms with Crippen LogP contribution in [0.1, 0.15) is 360 Å². The third-order valence-electron chi connectivity index (χ3n) is 16.3. The molecule has 0 spiro atoms. The van der Waals surface area contributed by atoms with E-state index in [0.717, 1.165) is 19.3 Å². The Bertz CT molecular complexity index is 1130. The SMILES string of the molecule is CCCCCCCCCCCCCCCCCCCCCC/C=C/CCCCCCCCCCCCCCCCCCCCCCCCCCCCCCCCCC1CC(=O)OCC(CO)(CO)COC1=O. The van der Waals surface area contributed by atoms with Gasteiger partial charge in [-0.05, 0) is 32.1 Å². The molecule has 0 aromatic carbocycles. The topological polar surface area (TPSA) is 93.1 Å². The van der Waals surface area contributed by atoms with Crippen LogP contribution < -0.4 is 0 Å². The minimum atomic E-state index is -1.12. The minimum absolute atomic E-state index is 0.00483. The number of allylic oxidation sites excluding steroid dienone is 2. The minimum Gasteiger partial charge on any atom is -0.465 e. The van der Waals surface area contributed by atoms with Crippen LogP contribution in [0.4, 0.5) is 0 Å². The molecule has 0 aliphatic carbocycles. The van der Waals surface area contributed by atoms with Crippen molar-refractivity contribution in [3.05, 3.63) is 12.2 Å². The average Bonchev–Trinajstić information content (AvgIpc) is 3.45. The predicted octanol–water partition coefficient (Wildman–Crippen LogP) is 20.7. The molecule has 6 nitrogen and oxygen atoms in total. The summed E-state index contributed by atoms with van der Waals surface area (Å²) < 4.78 is 10.6. The van der Waals surface area contributed by atoms with Gasteiger partial charge in [-0.25, -0.2) is 0 Å². The molecule has 426 valence electrons. The largest absolute Gasteiger partial charge is 0.465 e. The van der Waals surface area contributed by atoms with Crippen LogP contribution in [0.5, 0.6) is 0 Å². The molecule has 1 fully saturated rings. The van der Waals surface area contributed by atoms with E-state index in [1.165, 1.54) is 321 Å². The fraction of sp³-hybridized carbons (Fsp3) is 0.939. The van der Waals surface area contributed by atoms with E-state index in [1.807, 2.05) is 0 Å². The van der Waals surface area contributed by atoms with Gasteiger partial charge in [-0.2, -0.15) is 0 Å². The highest BCUT2D eigenvalue weighted by atomic mass is 16.6. The molecular weight excluding hydrogens is 889 g/mol. The Hall–Kier alpha value is -1.40. The van der Waals surface area contributed by atoms with Crippen molar-refractivity contribution in [3.63, 3.8) is 0 Å². The molecule has 1 heterocycles. The van der Waals surface area contributed by atoms with Crippen molar-refractivity contribution in [2.45, 2.75) is 360 Å². The van der Waals surface area contributed by atoms with E-state index in [9.17, 15) is 19.8 Å². The molecule has 2 N–H and O–H groups in total. The lowest BCUT2D eigenvalue weighted by atomic mass is 9.92. The van der Waals surface area contributed by atoms with Gasteiger partial charge in [0.05, 0.1) is 31.0 Å². The lowest BCUT2D eigenvalue weighted by Crippen LogP contribution is -2.40. The van der Waals surface area contributed by atoms with Crippen LogP contribution >= 0.6 is 0 Å². The van der Waals surface area contributed by atoms with Gasteiger partial charge in [-0.3, -0.25) is 9.59 Å². The van der Waals surface area contributed by atoms with Gasteiger partial charge >= 0.3 is 11.9 Å². The molecule has 1 unspecified atom stereocenters. The number of hydrogen-bond acceptors (Lipinski definition) is 6. The van der Waals surface area contributed by atoms with Gasteiger partial charge in [-0.1, -0.05) is 334 Å². The molecule has 0 aromatic heterocycles. The molecule has 1 saturated heterocycles. The maximum atomic E-state index is 12.5. The summed E-state index contributed by atoms with van der Waals surface area (Å²) in [5.74, 6) is -1.40. The number of aliphatic hydroxyl groups excluding tert-OH is 2. The van der Waals surface area contributed by atoms with Crippen molar-refractivity contribution in [1.82, 2.24) is 0 Å². The first-order valence-corrected chi connectivity index (χ1v) is 32.8. The molecule has 0 aromatic rings. The summed E-state index contributed by atoms with van der Waals surface area (Å²) in [6.45, 7) is 1.21. The lowest BCUT2D eigenvalue weighted by Gasteiger charge is -2.27. The van der Waals surface area contributed by atoms with Crippen LogP contribution in [0.2, 0.25) is 0 Å². The van der Waals surface area contributed by atoms with Crippen molar-refractivity contribution in [1.29, 1.82) is 0 Å². The molecule has 6 heteroatoms. The Morgan fingerprint density at radius 1 is 0.361 bits per heavy atom. The number of ether oxygens (including phenoxy) is 2. The smallest absolute Gasteiger partial charge is 0.309 e. The third-order valence-corrected chi connectivity index (χ3v) is 16.3. The zero-order valence-electron chi connectivity index (χ0n) is 48.5. The molecule has 72 heavy (non-hydrogen) atoms. The molecule has 1 aliphatic rings. The Kier molecular flexibility index (Phi) is 53.2. The Balaban J connectivity index is 1.68. The second-order valence-electron chi connectivity index (χ2n) is 23.5. The molecule has 0 saturated carbocycles.